The van der Waals surface area contributed by atoms with E-state index in [9.17, 15) is 9.18 Å². The molecule has 0 radical (unpaired) electrons. The predicted molar refractivity (Wildman–Crippen MR) is 83.0 cm³/mol. The SMILES string of the molecule is CN(Cc1ccccc1Cl)C(=O)Cc1c(F)cccc1Cl. The molecule has 0 bridgehead atoms. The Hall–Kier alpha value is -1.58. The zero-order chi connectivity index (χ0) is 15.4. The fourth-order valence-corrected chi connectivity index (χ4v) is 2.38. The fourth-order valence-electron chi connectivity index (χ4n) is 1.96. The summed E-state index contributed by atoms with van der Waals surface area (Å²) >= 11 is 12.0. The number of carbonyl (C=O) groups is 1. The van der Waals surface area contributed by atoms with Gasteiger partial charge in [-0.3, -0.25) is 4.79 Å². The lowest BCUT2D eigenvalue weighted by atomic mass is 10.1. The summed E-state index contributed by atoms with van der Waals surface area (Å²) in [5.41, 5.74) is 1.06. The first kappa shape index (κ1) is 15.8. The van der Waals surface area contributed by atoms with E-state index in [0.717, 1.165) is 5.56 Å². The molecule has 0 aliphatic heterocycles. The van der Waals surface area contributed by atoms with Crippen molar-refractivity contribution >= 4 is 29.1 Å². The van der Waals surface area contributed by atoms with Crippen LogP contribution in [0.1, 0.15) is 11.1 Å². The number of hydrogen-bond donors (Lipinski definition) is 0. The molecule has 0 fully saturated rings. The number of rotatable bonds is 4. The van der Waals surface area contributed by atoms with Crippen LogP contribution < -0.4 is 0 Å². The Morgan fingerprint density at radius 2 is 1.76 bits per heavy atom. The molecule has 2 nitrogen and oxygen atoms in total. The van der Waals surface area contributed by atoms with Gasteiger partial charge >= 0.3 is 0 Å². The van der Waals surface area contributed by atoms with Gasteiger partial charge in [0.2, 0.25) is 5.91 Å². The topological polar surface area (TPSA) is 20.3 Å². The van der Waals surface area contributed by atoms with Crippen molar-refractivity contribution in [3.63, 3.8) is 0 Å². The molecule has 0 spiro atoms. The highest BCUT2D eigenvalue weighted by molar-refractivity contribution is 6.31. The second kappa shape index (κ2) is 6.92. The Balaban J connectivity index is 2.08. The van der Waals surface area contributed by atoms with Crippen LogP contribution in [0.3, 0.4) is 0 Å². The average molecular weight is 326 g/mol. The van der Waals surface area contributed by atoms with Crippen molar-refractivity contribution in [1.82, 2.24) is 4.90 Å². The van der Waals surface area contributed by atoms with Crippen molar-refractivity contribution in [2.24, 2.45) is 0 Å². The Labute approximate surface area is 133 Å². The molecule has 2 aromatic rings. The molecule has 0 saturated heterocycles. The molecule has 0 unspecified atom stereocenters. The van der Waals surface area contributed by atoms with Crippen LogP contribution in [0.15, 0.2) is 42.5 Å². The van der Waals surface area contributed by atoms with E-state index in [2.05, 4.69) is 0 Å². The molecule has 0 saturated carbocycles. The first-order valence-corrected chi connectivity index (χ1v) is 7.15. The van der Waals surface area contributed by atoms with E-state index in [1.165, 1.54) is 17.0 Å². The quantitative estimate of drug-likeness (QED) is 0.819. The van der Waals surface area contributed by atoms with Crippen LogP contribution in [0, 0.1) is 5.82 Å². The highest BCUT2D eigenvalue weighted by atomic mass is 35.5. The van der Waals surface area contributed by atoms with Gasteiger partial charge in [0.1, 0.15) is 5.82 Å². The summed E-state index contributed by atoms with van der Waals surface area (Å²) in [6.45, 7) is 0.366. The molecule has 0 aliphatic rings. The van der Waals surface area contributed by atoms with E-state index >= 15 is 0 Å². The van der Waals surface area contributed by atoms with Gasteiger partial charge in [-0.1, -0.05) is 47.5 Å². The van der Waals surface area contributed by atoms with Crippen molar-refractivity contribution in [3.8, 4) is 0 Å². The van der Waals surface area contributed by atoms with Crippen LogP contribution in [0.5, 0.6) is 0 Å². The third-order valence-corrected chi connectivity index (χ3v) is 3.90. The summed E-state index contributed by atoms with van der Waals surface area (Å²) in [5.74, 6) is -0.691. The summed E-state index contributed by atoms with van der Waals surface area (Å²) < 4.78 is 13.7. The van der Waals surface area contributed by atoms with Gasteiger partial charge in [0, 0.05) is 29.2 Å². The minimum Gasteiger partial charge on any atom is -0.341 e. The largest absolute Gasteiger partial charge is 0.341 e. The van der Waals surface area contributed by atoms with E-state index in [1.807, 2.05) is 18.2 Å². The van der Waals surface area contributed by atoms with Crippen LogP contribution in [-0.2, 0) is 17.8 Å². The normalized spacial score (nSPS) is 10.5. The van der Waals surface area contributed by atoms with Crippen molar-refractivity contribution < 1.29 is 9.18 Å². The van der Waals surface area contributed by atoms with Crippen molar-refractivity contribution in [3.05, 3.63) is 69.5 Å². The van der Waals surface area contributed by atoms with Crippen LogP contribution in [0.4, 0.5) is 4.39 Å². The molecule has 21 heavy (non-hydrogen) atoms. The highest BCUT2D eigenvalue weighted by Gasteiger charge is 2.16. The number of amides is 1. The van der Waals surface area contributed by atoms with Gasteiger partial charge in [0.05, 0.1) is 6.42 Å². The zero-order valence-corrected chi connectivity index (χ0v) is 13.0. The van der Waals surface area contributed by atoms with E-state index in [4.69, 9.17) is 23.2 Å². The standard InChI is InChI=1S/C16H14Cl2FNO/c1-20(10-11-5-2-3-6-13(11)17)16(21)9-12-14(18)7-4-8-15(12)19/h2-8H,9-10H2,1H3. The van der Waals surface area contributed by atoms with Crippen LogP contribution in [-0.4, -0.2) is 17.9 Å². The van der Waals surface area contributed by atoms with Crippen LogP contribution in [0.2, 0.25) is 10.0 Å². The number of halogens is 3. The third kappa shape index (κ3) is 3.96. The molecule has 0 N–H and O–H groups in total. The molecule has 5 heteroatoms. The maximum atomic E-state index is 13.7. The first-order valence-electron chi connectivity index (χ1n) is 6.39. The van der Waals surface area contributed by atoms with Gasteiger partial charge in [-0.05, 0) is 23.8 Å². The highest BCUT2D eigenvalue weighted by Crippen LogP contribution is 2.21. The van der Waals surface area contributed by atoms with Gasteiger partial charge in [-0.15, -0.1) is 0 Å². The summed E-state index contributed by atoms with van der Waals surface area (Å²) in [5, 5.41) is 0.857. The number of carbonyl (C=O) groups excluding carboxylic acids is 1. The summed E-state index contributed by atoms with van der Waals surface area (Å²) in [7, 11) is 1.65. The van der Waals surface area contributed by atoms with Gasteiger partial charge in [-0.25, -0.2) is 4.39 Å². The van der Waals surface area contributed by atoms with Crippen molar-refractivity contribution in [1.29, 1.82) is 0 Å². The minimum absolute atomic E-state index is 0.0769. The lowest BCUT2D eigenvalue weighted by molar-refractivity contribution is -0.129. The van der Waals surface area contributed by atoms with Gasteiger partial charge in [-0.2, -0.15) is 0 Å². The monoisotopic (exact) mass is 325 g/mol. The molecular weight excluding hydrogens is 312 g/mol. The van der Waals surface area contributed by atoms with Crippen LogP contribution in [0.25, 0.3) is 0 Å². The van der Waals surface area contributed by atoms with E-state index in [1.54, 1.807) is 19.2 Å². The van der Waals surface area contributed by atoms with Gasteiger partial charge in [0.15, 0.2) is 0 Å². The maximum absolute atomic E-state index is 13.7. The number of hydrogen-bond acceptors (Lipinski definition) is 1. The maximum Gasteiger partial charge on any atom is 0.227 e. The molecule has 0 atom stereocenters. The summed E-state index contributed by atoms with van der Waals surface area (Å²) in [4.78, 5) is 13.7. The summed E-state index contributed by atoms with van der Waals surface area (Å²) in [6, 6.07) is 11.7. The minimum atomic E-state index is -0.470. The number of benzene rings is 2. The van der Waals surface area contributed by atoms with Crippen molar-refractivity contribution in [2.45, 2.75) is 13.0 Å². The number of likely N-dealkylation sites (N-methyl/N-ethyl adjacent to an activating group) is 1. The van der Waals surface area contributed by atoms with Crippen molar-refractivity contribution in [2.75, 3.05) is 7.05 Å². The Morgan fingerprint density at radius 1 is 1.10 bits per heavy atom. The lowest BCUT2D eigenvalue weighted by Gasteiger charge is -2.18. The Morgan fingerprint density at radius 3 is 2.43 bits per heavy atom. The smallest absolute Gasteiger partial charge is 0.227 e. The number of nitrogens with zero attached hydrogens (tertiary/aromatic N) is 1. The fraction of sp³-hybridized carbons (Fsp3) is 0.188. The first-order chi connectivity index (χ1) is 9.99. The van der Waals surface area contributed by atoms with E-state index in [-0.39, 0.29) is 22.9 Å². The van der Waals surface area contributed by atoms with E-state index in [0.29, 0.717) is 11.6 Å². The molecule has 2 rings (SSSR count). The molecule has 110 valence electrons. The third-order valence-electron chi connectivity index (χ3n) is 3.18. The molecule has 0 aromatic heterocycles. The average Bonchev–Trinajstić information content (AvgIpc) is 2.45. The van der Waals surface area contributed by atoms with Gasteiger partial charge in [0.25, 0.3) is 0 Å². The molecular formula is C16H14Cl2FNO. The van der Waals surface area contributed by atoms with E-state index < -0.39 is 5.82 Å². The molecule has 1 amide bonds. The second-order valence-corrected chi connectivity index (χ2v) is 5.53. The molecule has 0 heterocycles. The lowest BCUT2D eigenvalue weighted by Crippen LogP contribution is -2.28. The Bertz CT molecular complexity index is 640. The van der Waals surface area contributed by atoms with Crippen LogP contribution >= 0.6 is 23.2 Å². The Kier molecular flexibility index (Phi) is 5.21. The second-order valence-electron chi connectivity index (χ2n) is 4.72. The zero-order valence-electron chi connectivity index (χ0n) is 11.4. The summed E-state index contributed by atoms with van der Waals surface area (Å²) in [6.07, 6.45) is -0.0769. The van der Waals surface area contributed by atoms with Gasteiger partial charge < -0.3 is 4.90 Å². The molecule has 2 aromatic carbocycles. The molecule has 0 aliphatic carbocycles. The predicted octanol–water partition coefficient (Wildman–Crippen LogP) is 4.33.